The van der Waals surface area contributed by atoms with Gasteiger partial charge < -0.3 is 38.1 Å². The lowest BCUT2D eigenvalue weighted by molar-refractivity contribution is -0.156. The van der Waals surface area contributed by atoms with E-state index in [0.717, 1.165) is 128 Å². The maximum absolute atomic E-state index is 13.5. The number of likely N-dealkylation sites (tertiary alicyclic amines) is 1. The van der Waals surface area contributed by atoms with Crippen molar-refractivity contribution in [3.8, 4) is 0 Å². The largest absolute Gasteiger partial charge is 0.465 e. The summed E-state index contributed by atoms with van der Waals surface area (Å²) in [4.78, 5) is 97.9. The van der Waals surface area contributed by atoms with Crippen LogP contribution in [0.1, 0.15) is 188 Å². The Morgan fingerprint density at radius 1 is 0.403 bits per heavy atom. The van der Waals surface area contributed by atoms with Gasteiger partial charge in [-0.05, 0) is 39.8 Å². The van der Waals surface area contributed by atoms with Crippen LogP contribution in [-0.4, -0.2) is 180 Å². The quantitative estimate of drug-likeness (QED) is 0.0320. The summed E-state index contributed by atoms with van der Waals surface area (Å²) in [6, 6.07) is -0.762. The van der Waals surface area contributed by atoms with Crippen LogP contribution >= 0.6 is 0 Å². The minimum atomic E-state index is -0.844. The summed E-state index contributed by atoms with van der Waals surface area (Å²) < 4.78 is 38.9. The van der Waals surface area contributed by atoms with E-state index in [1.54, 1.807) is 0 Å². The predicted octanol–water partition coefficient (Wildman–Crippen LogP) is 8.43. The van der Waals surface area contributed by atoms with Crippen molar-refractivity contribution in [2.45, 2.75) is 200 Å². The van der Waals surface area contributed by atoms with Crippen LogP contribution in [0, 0.1) is 0 Å². The molecule has 72 heavy (non-hydrogen) atoms. The van der Waals surface area contributed by atoms with Crippen LogP contribution in [0.2, 0.25) is 0 Å². The standard InChI is InChI=1S/C54H98N4O14/c1-7-11-15-19-23-27-32-66-48(59)39-56(40-49(60)67-33-28-24-20-16-12-8-2)43-52(63)71-45-46-37-47(38-58(46)54(65)70-36-31-55(5)6)72-53(64)44-57(41-50(61)68-34-29-25-21-17-13-9-3)42-51(62)69-35-30-26-22-18-14-10-4/h46-47H,7-45H2,1-6H3/t46-,47-/m1/s1. The molecular formula is C54H98N4O14. The third kappa shape index (κ3) is 36.8. The summed E-state index contributed by atoms with van der Waals surface area (Å²) in [6.45, 7) is 7.46. The molecule has 1 rings (SSSR count). The summed E-state index contributed by atoms with van der Waals surface area (Å²) in [7, 11) is 3.67. The van der Waals surface area contributed by atoms with E-state index < -0.39 is 67.1 Å². The summed E-state index contributed by atoms with van der Waals surface area (Å²) >= 11 is 0. The number of likely N-dealkylation sites (N-methyl/N-ethyl adjacent to an activating group) is 1. The smallest absolute Gasteiger partial charge is 0.410 e. The number of unbranched alkanes of at least 4 members (excludes halogenated alkanes) is 20. The molecule has 1 amide bonds. The first-order valence-electron chi connectivity index (χ1n) is 27.8. The molecule has 418 valence electrons. The van der Waals surface area contributed by atoms with Gasteiger partial charge in [-0.3, -0.25) is 43.5 Å². The Balaban J connectivity index is 3.03. The highest BCUT2D eigenvalue weighted by Gasteiger charge is 2.39. The average Bonchev–Trinajstić information content (AvgIpc) is 3.74. The van der Waals surface area contributed by atoms with Crippen molar-refractivity contribution in [3.05, 3.63) is 0 Å². The van der Waals surface area contributed by atoms with E-state index in [0.29, 0.717) is 32.2 Å². The zero-order valence-corrected chi connectivity index (χ0v) is 45.7. The van der Waals surface area contributed by atoms with Gasteiger partial charge in [0.15, 0.2) is 0 Å². The Labute approximate surface area is 433 Å². The predicted molar refractivity (Wildman–Crippen MR) is 276 cm³/mol. The number of hydrogen-bond donors (Lipinski definition) is 0. The summed E-state index contributed by atoms with van der Waals surface area (Å²) in [5.74, 6) is -3.83. The lowest BCUT2D eigenvalue weighted by Crippen LogP contribution is -2.42. The molecule has 0 aliphatic carbocycles. The number of amides is 1. The van der Waals surface area contributed by atoms with Crippen LogP contribution < -0.4 is 0 Å². The van der Waals surface area contributed by atoms with Crippen molar-refractivity contribution in [2.75, 3.05) is 106 Å². The molecule has 1 fully saturated rings. The summed E-state index contributed by atoms with van der Waals surface area (Å²) in [5.41, 5.74) is 0. The fraction of sp³-hybridized carbons (Fsp3) is 0.870. The Hall–Kier alpha value is -4.03. The molecule has 18 nitrogen and oxygen atoms in total. The van der Waals surface area contributed by atoms with Crippen LogP contribution in [0.5, 0.6) is 0 Å². The first-order valence-corrected chi connectivity index (χ1v) is 27.8. The molecule has 0 spiro atoms. The summed E-state index contributed by atoms with van der Waals surface area (Å²) in [6.07, 6.45) is 23.0. The van der Waals surface area contributed by atoms with E-state index >= 15 is 0 Å². The molecule has 0 aromatic heterocycles. The maximum Gasteiger partial charge on any atom is 0.410 e. The average molecular weight is 1030 g/mol. The van der Waals surface area contributed by atoms with Gasteiger partial charge in [0.25, 0.3) is 0 Å². The Morgan fingerprint density at radius 2 is 0.722 bits per heavy atom. The summed E-state index contributed by atoms with van der Waals surface area (Å²) in [5, 5.41) is 0. The van der Waals surface area contributed by atoms with Gasteiger partial charge in [-0.2, -0.15) is 0 Å². The number of hydrogen-bond acceptors (Lipinski definition) is 17. The Kier molecular flexibility index (Phi) is 40.7. The van der Waals surface area contributed by atoms with Crippen molar-refractivity contribution >= 4 is 41.9 Å². The van der Waals surface area contributed by atoms with Gasteiger partial charge in [0.05, 0.1) is 78.3 Å². The van der Waals surface area contributed by atoms with Crippen LogP contribution in [-0.2, 0) is 61.9 Å². The number of carbonyl (C=O) groups is 7. The Bertz CT molecular complexity index is 1400. The van der Waals surface area contributed by atoms with Gasteiger partial charge in [-0.15, -0.1) is 0 Å². The van der Waals surface area contributed by atoms with Crippen LogP contribution in [0.3, 0.4) is 0 Å². The van der Waals surface area contributed by atoms with E-state index in [1.165, 1.54) is 14.7 Å². The highest BCUT2D eigenvalue weighted by Crippen LogP contribution is 2.23. The minimum absolute atomic E-state index is 0.0731. The molecule has 1 aliphatic rings. The van der Waals surface area contributed by atoms with E-state index in [2.05, 4.69) is 27.7 Å². The van der Waals surface area contributed by atoms with Gasteiger partial charge in [0, 0.05) is 13.0 Å². The van der Waals surface area contributed by atoms with Crippen molar-refractivity contribution < 1.29 is 66.7 Å². The number of ether oxygens (including phenoxy) is 7. The van der Waals surface area contributed by atoms with Crippen molar-refractivity contribution in [3.63, 3.8) is 0 Å². The second-order valence-electron chi connectivity index (χ2n) is 19.5. The fourth-order valence-electron chi connectivity index (χ4n) is 8.08. The molecule has 1 heterocycles. The fourth-order valence-corrected chi connectivity index (χ4v) is 8.08. The molecule has 0 aromatic rings. The van der Waals surface area contributed by atoms with Crippen molar-refractivity contribution in [1.82, 2.24) is 19.6 Å². The van der Waals surface area contributed by atoms with Crippen LogP contribution in [0.15, 0.2) is 0 Å². The zero-order valence-electron chi connectivity index (χ0n) is 45.7. The second-order valence-corrected chi connectivity index (χ2v) is 19.5. The van der Waals surface area contributed by atoms with Crippen LogP contribution in [0.4, 0.5) is 4.79 Å². The first kappa shape index (κ1) is 66.0. The van der Waals surface area contributed by atoms with Gasteiger partial charge in [0.2, 0.25) is 0 Å². The molecule has 1 saturated heterocycles. The topological polar surface area (TPSA) is 197 Å². The Morgan fingerprint density at radius 3 is 1.07 bits per heavy atom. The number of carbonyl (C=O) groups excluding carboxylic acids is 7. The molecule has 2 atom stereocenters. The lowest BCUT2D eigenvalue weighted by Gasteiger charge is -2.24. The van der Waals surface area contributed by atoms with E-state index in [4.69, 9.17) is 33.2 Å². The highest BCUT2D eigenvalue weighted by atomic mass is 16.6. The highest BCUT2D eigenvalue weighted by molar-refractivity contribution is 5.79. The molecule has 0 aromatic carbocycles. The number of nitrogens with zero attached hydrogens (tertiary/aromatic N) is 4. The van der Waals surface area contributed by atoms with Gasteiger partial charge >= 0.3 is 41.9 Å². The monoisotopic (exact) mass is 1030 g/mol. The molecule has 0 bridgehead atoms. The SMILES string of the molecule is CCCCCCCCOC(=O)CN(CC(=O)OCCCCCCCC)CC(=O)OC[C@H]1C[C@@H](OC(=O)CN(CC(=O)OCCCCCCCC)CC(=O)OCCCCCCCC)CN1C(=O)OCCN(C)C. The lowest BCUT2D eigenvalue weighted by atomic mass is 10.1. The van der Waals surface area contributed by atoms with Crippen molar-refractivity contribution in [2.24, 2.45) is 0 Å². The first-order chi connectivity index (χ1) is 34.8. The van der Waals surface area contributed by atoms with Crippen molar-refractivity contribution in [1.29, 1.82) is 0 Å². The normalized spacial score (nSPS) is 14.4. The molecule has 1 aliphatic heterocycles. The molecule has 0 radical (unpaired) electrons. The molecule has 0 N–H and O–H groups in total. The molecule has 0 unspecified atom stereocenters. The minimum Gasteiger partial charge on any atom is -0.465 e. The molecule has 0 saturated carbocycles. The molecule has 18 heteroatoms. The third-order valence-electron chi connectivity index (χ3n) is 12.3. The van der Waals surface area contributed by atoms with Crippen LogP contribution in [0.25, 0.3) is 0 Å². The maximum atomic E-state index is 13.5. The van der Waals surface area contributed by atoms with E-state index in [-0.39, 0.29) is 78.8 Å². The zero-order chi connectivity index (χ0) is 53.0. The van der Waals surface area contributed by atoms with Gasteiger partial charge in [-0.25, -0.2) is 4.79 Å². The third-order valence-corrected chi connectivity index (χ3v) is 12.3. The van der Waals surface area contributed by atoms with Gasteiger partial charge in [-0.1, -0.05) is 156 Å². The molecular weight excluding hydrogens is 929 g/mol. The van der Waals surface area contributed by atoms with E-state index in [1.807, 2.05) is 19.0 Å². The number of esters is 6. The van der Waals surface area contributed by atoms with Gasteiger partial charge in [0.1, 0.15) is 19.3 Å². The second kappa shape index (κ2) is 44.5. The van der Waals surface area contributed by atoms with E-state index in [9.17, 15) is 33.6 Å². The number of rotatable bonds is 46.